The standard InChI is InChI=1S/C12H15NO4/c1-12(7-14)8-17-11(16)13(12)6-9-3-2-4-10(15)5-9/h2-5,14-15H,6-8H2,1H3. The molecule has 1 unspecified atom stereocenters. The Balaban J connectivity index is 2.19. The number of aliphatic hydroxyl groups is 1. The number of nitrogens with zero attached hydrogens (tertiary/aromatic N) is 1. The van der Waals surface area contributed by atoms with Crippen LogP contribution in [0, 0.1) is 0 Å². The van der Waals surface area contributed by atoms with Crippen molar-refractivity contribution < 1.29 is 19.7 Å². The van der Waals surface area contributed by atoms with Crippen molar-refractivity contribution in [2.24, 2.45) is 0 Å². The van der Waals surface area contributed by atoms with Crippen molar-refractivity contribution in [2.45, 2.75) is 19.0 Å². The summed E-state index contributed by atoms with van der Waals surface area (Å²) in [6, 6.07) is 6.67. The van der Waals surface area contributed by atoms with Gasteiger partial charge in [0.2, 0.25) is 0 Å². The van der Waals surface area contributed by atoms with E-state index in [1.54, 1.807) is 25.1 Å². The van der Waals surface area contributed by atoms with Gasteiger partial charge in [0.25, 0.3) is 0 Å². The molecule has 92 valence electrons. The fraction of sp³-hybridized carbons (Fsp3) is 0.417. The second-order valence-electron chi connectivity index (χ2n) is 4.47. The molecule has 0 radical (unpaired) electrons. The molecule has 5 nitrogen and oxygen atoms in total. The first-order valence-electron chi connectivity index (χ1n) is 5.38. The fourth-order valence-electron chi connectivity index (χ4n) is 1.82. The van der Waals surface area contributed by atoms with E-state index in [1.807, 2.05) is 6.07 Å². The van der Waals surface area contributed by atoms with Crippen LogP contribution in [-0.4, -0.2) is 40.0 Å². The van der Waals surface area contributed by atoms with Gasteiger partial charge >= 0.3 is 6.09 Å². The maximum absolute atomic E-state index is 11.6. The highest BCUT2D eigenvalue weighted by Crippen LogP contribution is 2.26. The molecule has 0 bridgehead atoms. The average Bonchev–Trinajstić information content (AvgIpc) is 2.58. The summed E-state index contributed by atoms with van der Waals surface area (Å²) in [4.78, 5) is 13.0. The maximum atomic E-state index is 11.6. The molecule has 1 atom stereocenters. The van der Waals surface area contributed by atoms with E-state index in [2.05, 4.69) is 0 Å². The molecule has 0 saturated carbocycles. The van der Waals surface area contributed by atoms with Crippen molar-refractivity contribution in [3.63, 3.8) is 0 Å². The van der Waals surface area contributed by atoms with Gasteiger partial charge in [-0.15, -0.1) is 0 Å². The summed E-state index contributed by atoms with van der Waals surface area (Å²) in [6.45, 7) is 2.10. The van der Waals surface area contributed by atoms with Gasteiger partial charge in [0.05, 0.1) is 6.61 Å². The van der Waals surface area contributed by atoms with Gasteiger partial charge in [-0.1, -0.05) is 12.1 Å². The van der Waals surface area contributed by atoms with Crippen LogP contribution in [0.4, 0.5) is 4.79 Å². The van der Waals surface area contributed by atoms with E-state index in [0.29, 0.717) is 6.54 Å². The highest BCUT2D eigenvalue weighted by molar-refractivity contribution is 5.71. The van der Waals surface area contributed by atoms with Crippen LogP contribution in [-0.2, 0) is 11.3 Å². The van der Waals surface area contributed by atoms with Crippen LogP contribution in [0.5, 0.6) is 5.75 Å². The first-order valence-corrected chi connectivity index (χ1v) is 5.38. The summed E-state index contributed by atoms with van der Waals surface area (Å²) >= 11 is 0. The number of hydrogen-bond acceptors (Lipinski definition) is 4. The summed E-state index contributed by atoms with van der Waals surface area (Å²) in [5, 5.41) is 18.7. The normalized spacial score (nSPS) is 23.9. The van der Waals surface area contributed by atoms with Crippen LogP contribution in [0.2, 0.25) is 0 Å². The van der Waals surface area contributed by atoms with Gasteiger partial charge in [-0.3, -0.25) is 4.90 Å². The van der Waals surface area contributed by atoms with Crippen molar-refractivity contribution >= 4 is 6.09 Å². The van der Waals surface area contributed by atoms with Crippen LogP contribution in [0.3, 0.4) is 0 Å². The lowest BCUT2D eigenvalue weighted by atomic mass is 10.0. The third kappa shape index (κ3) is 2.19. The molecule has 1 aliphatic heterocycles. The Morgan fingerprint density at radius 1 is 1.53 bits per heavy atom. The van der Waals surface area contributed by atoms with Crippen LogP contribution in [0.15, 0.2) is 24.3 Å². The molecule has 17 heavy (non-hydrogen) atoms. The lowest BCUT2D eigenvalue weighted by molar-refractivity contribution is 0.0956. The van der Waals surface area contributed by atoms with Crippen LogP contribution in [0.25, 0.3) is 0 Å². The van der Waals surface area contributed by atoms with E-state index in [-0.39, 0.29) is 19.0 Å². The number of hydrogen-bond donors (Lipinski definition) is 2. The number of aromatic hydroxyl groups is 1. The zero-order valence-corrected chi connectivity index (χ0v) is 9.59. The molecule has 0 spiro atoms. The number of rotatable bonds is 3. The van der Waals surface area contributed by atoms with Gasteiger partial charge in [-0.05, 0) is 24.6 Å². The molecule has 5 heteroatoms. The van der Waals surface area contributed by atoms with Crippen molar-refractivity contribution in [1.29, 1.82) is 0 Å². The van der Waals surface area contributed by atoms with Gasteiger partial charge in [0.15, 0.2) is 0 Å². The zero-order chi connectivity index (χ0) is 12.5. The van der Waals surface area contributed by atoms with E-state index < -0.39 is 11.6 Å². The number of carbonyl (C=O) groups excluding carboxylic acids is 1. The largest absolute Gasteiger partial charge is 0.508 e. The quantitative estimate of drug-likeness (QED) is 0.825. The minimum atomic E-state index is -0.692. The predicted octanol–water partition coefficient (Wildman–Crippen LogP) is 1.10. The van der Waals surface area contributed by atoms with Gasteiger partial charge in [0, 0.05) is 6.54 Å². The predicted molar refractivity (Wildman–Crippen MR) is 60.5 cm³/mol. The molecule has 1 aliphatic rings. The third-order valence-electron chi connectivity index (χ3n) is 2.97. The molecule has 1 aromatic carbocycles. The van der Waals surface area contributed by atoms with Crippen LogP contribution in [0.1, 0.15) is 12.5 Å². The molecule has 1 saturated heterocycles. The lowest BCUT2D eigenvalue weighted by Crippen LogP contribution is -2.47. The van der Waals surface area contributed by atoms with Crippen molar-refractivity contribution in [2.75, 3.05) is 13.2 Å². The first-order chi connectivity index (χ1) is 8.05. The summed E-state index contributed by atoms with van der Waals surface area (Å²) in [5.74, 6) is 0.153. The first kappa shape index (κ1) is 11.7. The topological polar surface area (TPSA) is 70.0 Å². The minimum absolute atomic E-state index is 0.153. The number of cyclic esters (lactones) is 1. The molecular formula is C12H15NO4. The van der Waals surface area contributed by atoms with Crippen LogP contribution >= 0.6 is 0 Å². The number of carbonyl (C=O) groups is 1. The Labute approximate surface area is 99.2 Å². The van der Waals surface area contributed by atoms with Gasteiger partial charge < -0.3 is 14.9 Å². The second-order valence-corrected chi connectivity index (χ2v) is 4.47. The number of amides is 1. The number of benzene rings is 1. The van der Waals surface area contributed by atoms with E-state index in [0.717, 1.165) is 5.56 Å². The van der Waals surface area contributed by atoms with E-state index >= 15 is 0 Å². The van der Waals surface area contributed by atoms with Crippen molar-refractivity contribution in [1.82, 2.24) is 4.90 Å². The molecular weight excluding hydrogens is 222 g/mol. The molecule has 1 fully saturated rings. The Morgan fingerprint density at radius 3 is 2.94 bits per heavy atom. The highest BCUT2D eigenvalue weighted by Gasteiger charge is 2.43. The number of ether oxygens (including phenoxy) is 1. The molecule has 0 aliphatic carbocycles. The summed E-state index contributed by atoms with van der Waals surface area (Å²) in [7, 11) is 0. The lowest BCUT2D eigenvalue weighted by Gasteiger charge is -2.29. The van der Waals surface area contributed by atoms with Crippen LogP contribution < -0.4 is 0 Å². The molecule has 1 aromatic rings. The minimum Gasteiger partial charge on any atom is -0.508 e. The van der Waals surface area contributed by atoms with Gasteiger partial charge in [-0.2, -0.15) is 0 Å². The molecule has 1 heterocycles. The van der Waals surface area contributed by atoms with Gasteiger partial charge in [0.1, 0.15) is 17.9 Å². The van der Waals surface area contributed by atoms with E-state index in [1.165, 1.54) is 4.90 Å². The van der Waals surface area contributed by atoms with Gasteiger partial charge in [-0.25, -0.2) is 4.79 Å². The number of phenolic OH excluding ortho intramolecular Hbond substituents is 1. The summed E-state index contributed by atoms with van der Waals surface area (Å²) in [5.41, 5.74) is 0.103. The fourth-order valence-corrected chi connectivity index (χ4v) is 1.82. The Morgan fingerprint density at radius 2 is 2.29 bits per heavy atom. The molecule has 0 aromatic heterocycles. The Kier molecular flexibility index (Phi) is 2.93. The number of phenols is 1. The SMILES string of the molecule is CC1(CO)COC(=O)N1Cc1cccc(O)c1. The monoisotopic (exact) mass is 237 g/mol. The number of aliphatic hydroxyl groups excluding tert-OH is 1. The zero-order valence-electron chi connectivity index (χ0n) is 9.59. The average molecular weight is 237 g/mol. The van der Waals surface area contributed by atoms with Crippen molar-refractivity contribution in [3.8, 4) is 5.75 Å². The Hall–Kier alpha value is -1.75. The van der Waals surface area contributed by atoms with Crippen molar-refractivity contribution in [3.05, 3.63) is 29.8 Å². The molecule has 2 N–H and O–H groups in total. The smallest absolute Gasteiger partial charge is 0.410 e. The molecule has 1 amide bonds. The molecule has 2 rings (SSSR count). The summed E-state index contributed by atoms with van der Waals surface area (Å²) < 4.78 is 4.94. The second kappa shape index (κ2) is 4.25. The van der Waals surface area contributed by atoms with E-state index in [4.69, 9.17) is 4.74 Å². The summed E-state index contributed by atoms with van der Waals surface area (Å²) in [6.07, 6.45) is -0.440. The van der Waals surface area contributed by atoms with E-state index in [9.17, 15) is 15.0 Å². The maximum Gasteiger partial charge on any atom is 0.410 e. The Bertz CT molecular complexity index is 434. The third-order valence-corrected chi connectivity index (χ3v) is 2.97. The highest BCUT2D eigenvalue weighted by atomic mass is 16.6.